The van der Waals surface area contributed by atoms with Crippen LogP contribution in [0.15, 0.2) is 30.3 Å². The summed E-state index contributed by atoms with van der Waals surface area (Å²) in [5.74, 6) is 0.473. The molecule has 1 N–H and O–H groups in total. The number of likely N-dealkylation sites (tertiary alicyclic amines) is 1. The Morgan fingerprint density at radius 3 is 2.76 bits per heavy atom. The van der Waals surface area contributed by atoms with Gasteiger partial charge in [-0.25, -0.2) is 0 Å². The van der Waals surface area contributed by atoms with E-state index in [0.717, 1.165) is 32.5 Å². The van der Waals surface area contributed by atoms with Crippen LogP contribution in [0.1, 0.15) is 25.3 Å². The van der Waals surface area contributed by atoms with Crippen molar-refractivity contribution in [2.45, 2.75) is 32.3 Å². The van der Waals surface area contributed by atoms with Crippen molar-refractivity contribution in [1.82, 2.24) is 4.90 Å². The van der Waals surface area contributed by atoms with Crippen molar-refractivity contribution in [3.8, 4) is 0 Å². The van der Waals surface area contributed by atoms with Gasteiger partial charge in [0, 0.05) is 6.54 Å². The molecule has 2 rings (SSSR count). The second-order valence-electron chi connectivity index (χ2n) is 5.22. The molecule has 0 radical (unpaired) electrons. The maximum Gasteiger partial charge on any atom is 0.0693 e. The molecule has 0 saturated carbocycles. The molecule has 0 bridgehead atoms. The van der Waals surface area contributed by atoms with Crippen LogP contribution in [0, 0.1) is 5.92 Å². The van der Waals surface area contributed by atoms with E-state index in [9.17, 15) is 5.11 Å². The smallest absolute Gasteiger partial charge is 0.0693 e. The van der Waals surface area contributed by atoms with Crippen LogP contribution in [0.3, 0.4) is 0 Å². The first-order valence-corrected chi connectivity index (χ1v) is 6.70. The van der Waals surface area contributed by atoms with Crippen molar-refractivity contribution < 1.29 is 5.11 Å². The van der Waals surface area contributed by atoms with Crippen LogP contribution in [0.5, 0.6) is 0 Å². The second kappa shape index (κ2) is 6.18. The highest BCUT2D eigenvalue weighted by molar-refractivity contribution is 5.14. The van der Waals surface area contributed by atoms with Gasteiger partial charge in [0.2, 0.25) is 0 Å². The van der Waals surface area contributed by atoms with E-state index in [4.69, 9.17) is 0 Å². The van der Waals surface area contributed by atoms with E-state index in [1.165, 1.54) is 12.0 Å². The molecule has 1 fully saturated rings. The first-order valence-electron chi connectivity index (χ1n) is 6.70. The van der Waals surface area contributed by atoms with Crippen LogP contribution in [0.25, 0.3) is 0 Å². The van der Waals surface area contributed by atoms with Crippen LogP contribution in [0.2, 0.25) is 0 Å². The molecule has 1 aromatic carbocycles. The monoisotopic (exact) mass is 233 g/mol. The van der Waals surface area contributed by atoms with E-state index < -0.39 is 0 Å². The number of hydrogen-bond donors (Lipinski definition) is 1. The van der Waals surface area contributed by atoms with Crippen LogP contribution >= 0.6 is 0 Å². The van der Waals surface area contributed by atoms with Gasteiger partial charge in [0.15, 0.2) is 0 Å². The van der Waals surface area contributed by atoms with Gasteiger partial charge in [0.1, 0.15) is 0 Å². The first kappa shape index (κ1) is 12.6. The fraction of sp³-hybridized carbons (Fsp3) is 0.600. The maximum absolute atomic E-state index is 9.82. The molecule has 94 valence electrons. The highest BCUT2D eigenvalue weighted by Crippen LogP contribution is 2.17. The summed E-state index contributed by atoms with van der Waals surface area (Å²) in [4.78, 5) is 2.40. The Labute approximate surface area is 104 Å². The summed E-state index contributed by atoms with van der Waals surface area (Å²) in [6.07, 6.45) is 3.33. The standard InChI is InChI=1S/C15H23NO/c1-13-9-11-16(12-15(13)17)10-5-8-14-6-3-2-4-7-14/h2-4,6-7,13,15,17H,5,8-12H2,1H3. The molecular weight excluding hydrogens is 210 g/mol. The van der Waals surface area contributed by atoms with Gasteiger partial charge in [0.25, 0.3) is 0 Å². The molecule has 1 aliphatic rings. The van der Waals surface area contributed by atoms with E-state index in [0.29, 0.717) is 5.92 Å². The van der Waals surface area contributed by atoms with Crippen molar-refractivity contribution in [1.29, 1.82) is 0 Å². The lowest BCUT2D eigenvalue weighted by atomic mass is 9.96. The Morgan fingerprint density at radius 1 is 1.29 bits per heavy atom. The van der Waals surface area contributed by atoms with Gasteiger partial charge in [-0.2, -0.15) is 0 Å². The van der Waals surface area contributed by atoms with E-state index >= 15 is 0 Å². The van der Waals surface area contributed by atoms with Gasteiger partial charge in [-0.1, -0.05) is 37.3 Å². The summed E-state index contributed by atoms with van der Waals surface area (Å²) in [6.45, 7) is 5.26. The van der Waals surface area contributed by atoms with Crippen LogP contribution in [-0.2, 0) is 6.42 Å². The molecule has 1 aliphatic heterocycles. The van der Waals surface area contributed by atoms with Gasteiger partial charge in [-0.3, -0.25) is 0 Å². The molecule has 0 aromatic heterocycles. The van der Waals surface area contributed by atoms with E-state index in [1.54, 1.807) is 0 Å². The molecular formula is C15H23NO. The number of nitrogens with zero attached hydrogens (tertiary/aromatic N) is 1. The molecule has 0 amide bonds. The third kappa shape index (κ3) is 3.83. The number of hydrogen-bond acceptors (Lipinski definition) is 2. The Bertz CT molecular complexity index is 325. The maximum atomic E-state index is 9.82. The Morgan fingerprint density at radius 2 is 2.06 bits per heavy atom. The highest BCUT2D eigenvalue weighted by Gasteiger charge is 2.23. The molecule has 1 saturated heterocycles. The third-order valence-electron chi connectivity index (χ3n) is 3.79. The van der Waals surface area contributed by atoms with Gasteiger partial charge >= 0.3 is 0 Å². The van der Waals surface area contributed by atoms with Crippen molar-refractivity contribution in [2.24, 2.45) is 5.92 Å². The van der Waals surface area contributed by atoms with Gasteiger partial charge in [-0.05, 0) is 43.8 Å². The number of β-amino-alcohol motifs (C(OH)–C–C–N with tert-alkyl or cyclic N) is 1. The predicted octanol–water partition coefficient (Wildman–Crippen LogP) is 2.32. The molecule has 1 aromatic rings. The SMILES string of the molecule is CC1CCN(CCCc2ccccc2)CC1O. The number of rotatable bonds is 4. The van der Waals surface area contributed by atoms with Crippen LogP contribution in [0.4, 0.5) is 0 Å². The van der Waals surface area contributed by atoms with Crippen molar-refractivity contribution >= 4 is 0 Å². The van der Waals surface area contributed by atoms with Gasteiger partial charge in [-0.15, -0.1) is 0 Å². The quantitative estimate of drug-likeness (QED) is 0.862. The molecule has 2 unspecified atom stereocenters. The molecule has 2 atom stereocenters. The predicted molar refractivity (Wildman–Crippen MR) is 71.0 cm³/mol. The minimum atomic E-state index is -0.125. The van der Waals surface area contributed by atoms with Gasteiger partial charge < -0.3 is 10.0 Å². The topological polar surface area (TPSA) is 23.5 Å². The highest BCUT2D eigenvalue weighted by atomic mass is 16.3. The van der Waals surface area contributed by atoms with E-state index in [-0.39, 0.29) is 6.10 Å². The van der Waals surface area contributed by atoms with E-state index in [2.05, 4.69) is 42.2 Å². The molecule has 0 aliphatic carbocycles. The van der Waals surface area contributed by atoms with E-state index in [1.807, 2.05) is 0 Å². The number of aliphatic hydroxyl groups is 1. The Kier molecular flexibility index (Phi) is 4.57. The summed E-state index contributed by atoms with van der Waals surface area (Å²) < 4.78 is 0. The Hall–Kier alpha value is -0.860. The lowest BCUT2D eigenvalue weighted by Gasteiger charge is -2.34. The van der Waals surface area contributed by atoms with Crippen LogP contribution < -0.4 is 0 Å². The Balaban J connectivity index is 1.69. The average Bonchev–Trinajstić information content (AvgIpc) is 2.35. The zero-order chi connectivity index (χ0) is 12.1. The largest absolute Gasteiger partial charge is 0.392 e. The zero-order valence-corrected chi connectivity index (χ0v) is 10.7. The minimum Gasteiger partial charge on any atom is -0.392 e. The van der Waals surface area contributed by atoms with Crippen LogP contribution in [-0.4, -0.2) is 35.7 Å². The number of benzene rings is 1. The lowest BCUT2D eigenvalue weighted by Crippen LogP contribution is -2.43. The molecule has 0 spiro atoms. The third-order valence-corrected chi connectivity index (χ3v) is 3.79. The van der Waals surface area contributed by atoms with Gasteiger partial charge in [0.05, 0.1) is 6.10 Å². The number of aliphatic hydroxyl groups excluding tert-OH is 1. The summed E-state index contributed by atoms with van der Waals surface area (Å²) in [5.41, 5.74) is 1.42. The summed E-state index contributed by atoms with van der Waals surface area (Å²) in [6, 6.07) is 10.6. The summed E-state index contributed by atoms with van der Waals surface area (Å²) >= 11 is 0. The molecule has 2 heteroatoms. The summed E-state index contributed by atoms with van der Waals surface area (Å²) in [5, 5.41) is 9.82. The zero-order valence-electron chi connectivity index (χ0n) is 10.7. The average molecular weight is 233 g/mol. The van der Waals surface area contributed by atoms with Crippen molar-refractivity contribution in [3.05, 3.63) is 35.9 Å². The molecule has 1 heterocycles. The molecule has 17 heavy (non-hydrogen) atoms. The number of piperidine rings is 1. The van der Waals surface area contributed by atoms with Crippen molar-refractivity contribution in [2.75, 3.05) is 19.6 Å². The lowest BCUT2D eigenvalue weighted by molar-refractivity contribution is 0.0289. The molecule has 2 nitrogen and oxygen atoms in total. The fourth-order valence-corrected chi connectivity index (χ4v) is 2.47. The first-order chi connectivity index (χ1) is 8.25. The normalized spacial score (nSPS) is 26.0. The minimum absolute atomic E-state index is 0.125. The van der Waals surface area contributed by atoms with Crippen molar-refractivity contribution in [3.63, 3.8) is 0 Å². The number of aryl methyl sites for hydroxylation is 1. The summed E-state index contributed by atoms with van der Waals surface area (Å²) in [7, 11) is 0. The fourth-order valence-electron chi connectivity index (χ4n) is 2.47. The second-order valence-corrected chi connectivity index (χ2v) is 5.22.